The third-order valence-electron chi connectivity index (χ3n) is 3.49. The lowest BCUT2D eigenvalue weighted by Crippen LogP contribution is -2.49. The van der Waals surface area contributed by atoms with E-state index in [0.29, 0.717) is 5.69 Å². The number of hydrogen-bond donors (Lipinski definition) is 2. The van der Waals surface area contributed by atoms with Gasteiger partial charge in [0, 0.05) is 5.69 Å². The van der Waals surface area contributed by atoms with Crippen molar-refractivity contribution in [1.29, 1.82) is 0 Å². The fourth-order valence-electron chi connectivity index (χ4n) is 1.99. The van der Waals surface area contributed by atoms with Gasteiger partial charge in [0.05, 0.1) is 0 Å². The summed E-state index contributed by atoms with van der Waals surface area (Å²) in [7, 11) is 0. The van der Waals surface area contributed by atoms with E-state index in [4.69, 9.17) is 4.74 Å². The third-order valence-corrected chi connectivity index (χ3v) is 3.49. The van der Waals surface area contributed by atoms with Gasteiger partial charge in [0.1, 0.15) is 11.6 Å². The lowest BCUT2D eigenvalue weighted by atomic mass is 9.98. The molecule has 0 aliphatic rings. The molecule has 2 amide bonds. The zero-order valence-electron chi connectivity index (χ0n) is 14.9. The number of amides is 2. The van der Waals surface area contributed by atoms with E-state index in [9.17, 15) is 9.59 Å². The SMILES string of the molecule is CCC(C)C(NC(=O)OC(C)(C)C)C(=O)Nc1ccc(C)cc1. The molecule has 0 fully saturated rings. The summed E-state index contributed by atoms with van der Waals surface area (Å²) in [5, 5.41) is 5.53. The Labute approximate surface area is 138 Å². The number of nitrogens with one attached hydrogen (secondary N) is 2. The van der Waals surface area contributed by atoms with E-state index in [2.05, 4.69) is 10.6 Å². The highest BCUT2D eigenvalue weighted by Crippen LogP contribution is 2.14. The van der Waals surface area contributed by atoms with E-state index in [1.807, 2.05) is 45.0 Å². The molecular weight excluding hydrogens is 292 g/mol. The molecule has 2 atom stereocenters. The number of carbonyl (C=O) groups excluding carboxylic acids is 2. The minimum Gasteiger partial charge on any atom is -0.444 e. The van der Waals surface area contributed by atoms with Gasteiger partial charge in [-0.3, -0.25) is 4.79 Å². The quantitative estimate of drug-likeness (QED) is 0.865. The third kappa shape index (κ3) is 6.72. The molecule has 1 rings (SSSR count). The highest BCUT2D eigenvalue weighted by molar-refractivity contribution is 5.96. The first-order valence-corrected chi connectivity index (χ1v) is 7.99. The maximum absolute atomic E-state index is 12.5. The molecule has 2 N–H and O–H groups in total. The van der Waals surface area contributed by atoms with Crippen LogP contribution in [0.25, 0.3) is 0 Å². The number of anilines is 1. The monoisotopic (exact) mass is 320 g/mol. The Hall–Kier alpha value is -2.04. The van der Waals surface area contributed by atoms with Gasteiger partial charge in [0.2, 0.25) is 5.91 Å². The fourth-order valence-corrected chi connectivity index (χ4v) is 1.99. The Morgan fingerprint density at radius 2 is 1.74 bits per heavy atom. The van der Waals surface area contributed by atoms with Gasteiger partial charge >= 0.3 is 6.09 Å². The fraction of sp³-hybridized carbons (Fsp3) is 0.556. The Kier molecular flexibility index (Phi) is 6.61. The normalized spacial score (nSPS) is 13.8. The minimum atomic E-state index is -0.642. The second kappa shape index (κ2) is 7.99. The van der Waals surface area contributed by atoms with Gasteiger partial charge in [-0.15, -0.1) is 0 Å². The van der Waals surface area contributed by atoms with Crippen molar-refractivity contribution in [1.82, 2.24) is 5.32 Å². The Morgan fingerprint density at radius 3 is 2.22 bits per heavy atom. The summed E-state index contributed by atoms with van der Waals surface area (Å²) < 4.78 is 5.25. The van der Waals surface area contributed by atoms with Gasteiger partial charge in [-0.2, -0.15) is 0 Å². The standard InChI is InChI=1S/C18H28N2O3/c1-7-13(3)15(20-17(22)23-18(4,5)6)16(21)19-14-10-8-12(2)9-11-14/h8-11,13,15H,7H2,1-6H3,(H,19,21)(H,20,22). The van der Waals surface area contributed by atoms with Crippen molar-refractivity contribution in [3.05, 3.63) is 29.8 Å². The lowest BCUT2D eigenvalue weighted by molar-refractivity contribution is -0.119. The zero-order chi connectivity index (χ0) is 17.6. The number of benzene rings is 1. The predicted octanol–water partition coefficient (Wildman–Crippen LogP) is 3.87. The highest BCUT2D eigenvalue weighted by atomic mass is 16.6. The largest absolute Gasteiger partial charge is 0.444 e. The van der Waals surface area contributed by atoms with Crippen molar-refractivity contribution in [2.24, 2.45) is 5.92 Å². The lowest BCUT2D eigenvalue weighted by Gasteiger charge is -2.26. The topological polar surface area (TPSA) is 67.4 Å². The Morgan fingerprint density at radius 1 is 1.17 bits per heavy atom. The molecule has 1 aromatic rings. The number of carbonyl (C=O) groups is 2. The molecule has 0 saturated carbocycles. The molecule has 0 saturated heterocycles. The first-order valence-electron chi connectivity index (χ1n) is 7.99. The van der Waals surface area contributed by atoms with Crippen molar-refractivity contribution in [3.8, 4) is 0 Å². The van der Waals surface area contributed by atoms with E-state index >= 15 is 0 Å². The van der Waals surface area contributed by atoms with E-state index in [-0.39, 0.29) is 11.8 Å². The average Bonchev–Trinajstić information content (AvgIpc) is 2.44. The molecule has 128 valence electrons. The molecule has 2 unspecified atom stereocenters. The molecular formula is C18H28N2O3. The summed E-state index contributed by atoms with van der Waals surface area (Å²) in [6, 6.07) is 6.89. The van der Waals surface area contributed by atoms with Crippen LogP contribution in [0, 0.1) is 12.8 Å². The van der Waals surface area contributed by atoms with E-state index in [1.165, 1.54) is 0 Å². The van der Waals surface area contributed by atoms with Crippen LogP contribution in [0.2, 0.25) is 0 Å². The van der Waals surface area contributed by atoms with Crippen LogP contribution >= 0.6 is 0 Å². The molecule has 0 radical (unpaired) electrons. The summed E-state index contributed by atoms with van der Waals surface area (Å²) in [4.78, 5) is 24.5. The molecule has 23 heavy (non-hydrogen) atoms. The first kappa shape index (κ1) is 19.0. The maximum Gasteiger partial charge on any atom is 0.408 e. The van der Waals surface area contributed by atoms with Crippen LogP contribution in [0.1, 0.15) is 46.6 Å². The van der Waals surface area contributed by atoms with Crippen molar-refractivity contribution in [3.63, 3.8) is 0 Å². The Balaban J connectivity index is 2.78. The molecule has 0 aromatic heterocycles. The van der Waals surface area contributed by atoms with E-state index < -0.39 is 17.7 Å². The van der Waals surface area contributed by atoms with Crippen LogP contribution < -0.4 is 10.6 Å². The Bertz CT molecular complexity index is 532. The molecule has 0 heterocycles. The van der Waals surface area contributed by atoms with Crippen molar-refractivity contribution in [2.75, 3.05) is 5.32 Å². The van der Waals surface area contributed by atoms with Gasteiger partial charge in [0.25, 0.3) is 0 Å². The number of ether oxygens (including phenoxy) is 1. The minimum absolute atomic E-state index is 0.00651. The van der Waals surface area contributed by atoms with Crippen LogP contribution in [0.4, 0.5) is 10.5 Å². The average molecular weight is 320 g/mol. The molecule has 0 aliphatic carbocycles. The van der Waals surface area contributed by atoms with Gasteiger partial charge in [-0.05, 0) is 45.7 Å². The highest BCUT2D eigenvalue weighted by Gasteiger charge is 2.28. The summed E-state index contributed by atoms with van der Waals surface area (Å²) in [6.07, 6.45) is 0.184. The van der Waals surface area contributed by atoms with Gasteiger partial charge in [-0.25, -0.2) is 4.79 Å². The summed E-state index contributed by atoms with van der Waals surface area (Å²) in [5.41, 5.74) is 1.23. The number of aryl methyl sites for hydroxylation is 1. The summed E-state index contributed by atoms with van der Waals surface area (Å²) >= 11 is 0. The molecule has 0 aliphatic heterocycles. The summed E-state index contributed by atoms with van der Waals surface area (Å²) in [5.74, 6) is -0.248. The number of alkyl carbamates (subject to hydrolysis) is 1. The van der Waals surface area contributed by atoms with Crippen LogP contribution in [0.3, 0.4) is 0 Å². The van der Waals surface area contributed by atoms with E-state index in [0.717, 1.165) is 12.0 Å². The van der Waals surface area contributed by atoms with Crippen LogP contribution in [0.15, 0.2) is 24.3 Å². The van der Waals surface area contributed by atoms with E-state index in [1.54, 1.807) is 20.8 Å². The van der Waals surface area contributed by atoms with Gasteiger partial charge < -0.3 is 15.4 Å². The van der Waals surface area contributed by atoms with Crippen molar-refractivity contribution < 1.29 is 14.3 Å². The number of rotatable bonds is 5. The predicted molar refractivity (Wildman–Crippen MR) is 92.4 cm³/mol. The second-order valence-corrected chi connectivity index (χ2v) is 6.86. The zero-order valence-corrected chi connectivity index (χ0v) is 14.9. The maximum atomic E-state index is 12.5. The van der Waals surface area contributed by atoms with Crippen LogP contribution in [0.5, 0.6) is 0 Å². The molecule has 5 nitrogen and oxygen atoms in total. The first-order chi connectivity index (χ1) is 10.6. The summed E-state index contributed by atoms with van der Waals surface area (Å²) in [6.45, 7) is 11.3. The smallest absolute Gasteiger partial charge is 0.408 e. The van der Waals surface area contributed by atoms with Gasteiger partial charge in [-0.1, -0.05) is 38.0 Å². The molecule has 5 heteroatoms. The molecule has 0 spiro atoms. The number of hydrogen-bond acceptors (Lipinski definition) is 3. The molecule has 0 bridgehead atoms. The van der Waals surface area contributed by atoms with Crippen LogP contribution in [-0.2, 0) is 9.53 Å². The second-order valence-electron chi connectivity index (χ2n) is 6.86. The van der Waals surface area contributed by atoms with Crippen molar-refractivity contribution in [2.45, 2.75) is 59.6 Å². The van der Waals surface area contributed by atoms with Crippen molar-refractivity contribution >= 4 is 17.7 Å². The molecule has 1 aromatic carbocycles. The van der Waals surface area contributed by atoms with Gasteiger partial charge in [0.15, 0.2) is 0 Å². The van der Waals surface area contributed by atoms with Crippen LogP contribution in [-0.4, -0.2) is 23.6 Å².